The number of unbranched alkanes of at least 4 members (excludes halogenated alkanes) is 6. The Balaban J connectivity index is 1.11. The number of carbonyl (C=O) groups is 4. The molecule has 0 aromatic carbocycles. The summed E-state index contributed by atoms with van der Waals surface area (Å²) in [7, 11) is 0. The Hall–Kier alpha value is -2.59. The summed E-state index contributed by atoms with van der Waals surface area (Å²) in [6, 6.07) is 0.422. The molecule has 0 spiro atoms. The van der Waals surface area contributed by atoms with Crippen LogP contribution in [0.3, 0.4) is 0 Å². The van der Waals surface area contributed by atoms with Crippen molar-refractivity contribution in [1.82, 2.24) is 21.3 Å². The lowest BCUT2D eigenvalue weighted by molar-refractivity contribution is -0.121. The molecule has 0 bridgehead atoms. The van der Waals surface area contributed by atoms with Crippen LogP contribution in [0.25, 0.3) is 0 Å². The van der Waals surface area contributed by atoms with Gasteiger partial charge in [-0.05, 0) is 63.9 Å². The van der Waals surface area contributed by atoms with Crippen molar-refractivity contribution in [2.45, 2.75) is 127 Å². The topological polar surface area (TPSA) is 137 Å². The minimum absolute atomic E-state index is 0.0344. The molecular formula is C35H56N4O5S. The number of aliphatic hydroxyl groups excluding tert-OH is 1. The van der Waals surface area contributed by atoms with Gasteiger partial charge >= 0.3 is 6.03 Å². The van der Waals surface area contributed by atoms with Crippen LogP contribution in [0, 0.1) is 11.8 Å². The van der Waals surface area contributed by atoms with Gasteiger partial charge in [-0.15, -0.1) is 0 Å². The maximum Gasteiger partial charge on any atom is 0.315 e. The monoisotopic (exact) mass is 644 g/mol. The van der Waals surface area contributed by atoms with Crippen LogP contribution in [0.15, 0.2) is 36.5 Å². The number of fused-ring (bicyclic) bond motifs is 1. The van der Waals surface area contributed by atoms with E-state index in [2.05, 4.69) is 34.3 Å². The summed E-state index contributed by atoms with van der Waals surface area (Å²) in [6.45, 7) is 3.46. The van der Waals surface area contributed by atoms with Crippen LogP contribution in [0.5, 0.6) is 0 Å². The third-order valence-electron chi connectivity index (χ3n) is 8.88. The number of hydrogen-bond acceptors (Lipinski definition) is 6. The first-order valence-corrected chi connectivity index (χ1v) is 18.4. The summed E-state index contributed by atoms with van der Waals surface area (Å²) in [4.78, 5) is 48.0. The summed E-state index contributed by atoms with van der Waals surface area (Å²) in [6.07, 6.45) is 24.0. The van der Waals surface area contributed by atoms with E-state index in [1.54, 1.807) is 6.08 Å². The van der Waals surface area contributed by atoms with Crippen LogP contribution in [0.2, 0.25) is 0 Å². The highest BCUT2D eigenvalue weighted by Gasteiger charge is 2.42. The molecule has 4 amide bonds. The second-order valence-corrected chi connectivity index (χ2v) is 13.9. The lowest BCUT2D eigenvalue weighted by atomic mass is 9.90. The van der Waals surface area contributed by atoms with Gasteiger partial charge in [-0.2, -0.15) is 11.8 Å². The van der Waals surface area contributed by atoms with E-state index >= 15 is 0 Å². The molecule has 3 rings (SSSR count). The molecule has 2 saturated heterocycles. The Morgan fingerprint density at radius 2 is 1.73 bits per heavy atom. The van der Waals surface area contributed by atoms with Gasteiger partial charge in [-0.1, -0.05) is 63.0 Å². The first-order chi connectivity index (χ1) is 21.9. The highest BCUT2D eigenvalue weighted by molar-refractivity contribution is 8.00. The van der Waals surface area contributed by atoms with E-state index < -0.39 is 6.10 Å². The maximum absolute atomic E-state index is 12.3. The van der Waals surface area contributed by atoms with Crippen LogP contribution in [-0.2, 0) is 14.4 Å². The van der Waals surface area contributed by atoms with Crippen molar-refractivity contribution in [3.8, 4) is 0 Å². The number of urea groups is 1. The molecule has 0 aromatic heterocycles. The van der Waals surface area contributed by atoms with Crippen molar-refractivity contribution < 1.29 is 24.3 Å². The molecule has 5 N–H and O–H groups in total. The number of amides is 4. The number of ketones is 1. The van der Waals surface area contributed by atoms with Crippen molar-refractivity contribution in [2.75, 3.05) is 18.8 Å². The van der Waals surface area contributed by atoms with Gasteiger partial charge in [0.05, 0.1) is 18.2 Å². The van der Waals surface area contributed by atoms with Gasteiger partial charge in [0.15, 0.2) is 5.78 Å². The lowest BCUT2D eigenvalue weighted by Gasteiger charge is -2.16. The van der Waals surface area contributed by atoms with Gasteiger partial charge in [-0.25, -0.2) is 4.79 Å². The second-order valence-electron chi connectivity index (χ2n) is 12.6. The molecule has 1 unspecified atom stereocenters. The Labute approximate surface area is 274 Å². The molecular weight excluding hydrogens is 588 g/mol. The van der Waals surface area contributed by atoms with Crippen LogP contribution in [-0.4, -0.2) is 71.0 Å². The van der Waals surface area contributed by atoms with Crippen molar-refractivity contribution in [1.29, 1.82) is 0 Å². The summed E-state index contributed by atoms with van der Waals surface area (Å²) in [5, 5.41) is 22.5. The van der Waals surface area contributed by atoms with E-state index in [4.69, 9.17) is 0 Å². The van der Waals surface area contributed by atoms with Crippen LogP contribution >= 0.6 is 11.8 Å². The molecule has 0 radical (unpaired) electrons. The Morgan fingerprint density at radius 1 is 0.978 bits per heavy atom. The van der Waals surface area contributed by atoms with Crippen molar-refractivity contribution in [3.63, 3.8) is 0 Å². The SMILES string of the molecule is CCCCC[C@H](O)/C=C/C1C=CC(=O)[C@@H]1C/C=C\CCCC(=O)NCCCCCNC(=O)CCCC[C@H]1SC[C@@H]2NC(=O)N[C@@H]21. The zero-order valence-electron chi connectivity index (χ0n) is 27.1. The van der Waals surface area contributed by atoms with Gasteiger partial charge in [0.2, 0.25) is 11.8 Å². The van der Waals surface area contributed by atoms with Gasteiger partial charge in [-0.3, -0.25) is 14.4 Å². The second kappa shape index (κ2) is 21.3. The molecule has 2 fully saturated rings. The quantitative estimate of drug-likeness (QED) is 0.0597. The third-order valence-corrected chi connectivity index (χ3v) is 10.4. The zero-order chi connectivity index (χ0) is 32.3. The van der Waals surface area contributed by atoms with Crippen LogP contribution in [0.1, 0.15) is 103 Å². The maximum atomic E-state index is 12.3. The number of allylic oxidation sites excluding steroid dienone is 5. The first kappa shape index (κ1) is 36.9. The highest BCUT2D eigenvalue weighted by atomic mass is 32.2. The Kier molecular flexibility index (Phi) is 17.4. The smallest absolute Gasteiger partial charge is 0.315 e. The molecule has 252 valence electrons. The van der Waals surface area contributed by atoms with E-state index in [0.717, 1.165) is 82.8 Å². The summed E-state index contributed by atoms with van der Waals surface area (Å²) in [5.41, 5.74) is 0. The average molecular weight is 645 g/mol. The number of aliphatic hydroxyl groups is 1. The van der Waals surface area contributed by atoms with Crippen molar-refractivity contribution >= 4 is 35.4 Å². The Bertz CT molecular complexity index is 1030. The molecule has 1 aliphatic carbocycles. The van der Waals surface area contributed by atoms with E-state index in [1.807, 2.05) is 36.1 Å². The van der Waals surface area contributed by atoms with Crippen LogP contribution < -0.4 is 21.3 Å². The van der Waals surface area contributed by atoms with Crippen LogP contribution in [0.4, 0.5) is 4.79 Å². The van der Waals surface area contributed by atoms with E-state index in [1.165, 1.54) is 0 Å². The van der Waals surface area contributed by atoms with Crippen molar-refractivity contribution in [3.05, 3.63) is 36.5 Å². The standard InChI is InChI=1S/C35H56N4O5S/c1-2-3-7-14-27(40)21-19-26-20-22-30(41)28(26)15-8-4-5-9-17-32(42)36-23-12-6-13-24-37-33(43)18-11-10-16-31-34-29(25-45-31)38-35(44)39-34/h4,8,19-22,26-29,31,34,40H,2-3,5-7,9-18,23-25H2,1H3,(H,36,42)(H,37,43)(H2,38,39,44)/b8-4-,21-19+/t26?,27-,28+,29-,31+,34-/m0/s1. The number of rotatable bonds is 23. The molecule has 45 heavy (non-hydrogen) atoms. The fourth-order valence-corrected chi connectivity index (χ4v) is 7.70. The van der Waals surface area contributed by atoms with E-state index in [-0.39, 0.29) is 47.5 Å². The summed E-state index contributed by atoms with van der Waals surface area (Å²) < 4.78 is 0. The fourth-order valence-electron chi connectivity index (χ4n) is 6.16. The number of thioether (sulfide) groups is 1. The molecule has 3 aliphatic rings. The molecule has 2 aliphatic heterocycles. The summed E-state index contributed by atoms with van der Waals surface area (Å²) in [5.74, 6) is 1.19. The third kappa shape index (κ3) is 14.2. The molecule has 6 atom stereocenters. The van der Waals surface area contributed by atoms with E-state index in [0.29, 0.717) is 37.6 Å². The number of hydrogen-bond donors (Lipinski definition) is 5. The lowest BCUT2D eigenvalue weighted by Crippen LogP contribution is -2.36. The van der Waals surface area contributed by atoms with Crippen molar-refractivity contribution in [2.24, 2.45) is 11.8 Å². The normalized spacial score (nSPS) is 24.7. The van der Waals surface area contributed by atoms with Gasteiger partial charge in [0.1, 0.15) is 0 Å². The first-order valence-electron chi connectivity index (χ1n) is 17.3. The minimum Gasteiger partial charge on any atom is -0.389 e. The molecule has 9 nitrogen and oxygen atoms in total. The molecule has 0 saturated carbocycles. The summed E-state index contributed by atoms with van der Waals surface area (Å²) >= 11 is 1.91. The van der Waals surface area contributed by atoms with Gasteiger partial charge < -0.3 is 26.4 Å². The minimum atomic E-state index is -0.449. The zero-order valence-corrected chi connectivity index (χ0v) is 28.0. The Morgan fingerprint density at radius 3 is 2.49 bits per heavy atom. The highest BCUT2D eigenvalue weighted by Crippen LogP contribution is 2.33. The average Bonchev–Trinajstić information content (AvgIpc) is 3.69. The van der Waals surface area contributed by atoms with E-state index in [9.17, 15) is 24.3 Å². The molecule has 10 heteroatoms. The predicted molar refractivity (Wildman–Crippen MR) is 182 cm³/mol. The number of nitrogens with one attached hydrogen (secondary N) is 4. The molecule has 0 aromatic rings. The van der Waals surface area contributed by atoms with Gasteiger partial charge in [0, 0.05) is 48.8 Å². The molecule has 2 heterocycles. The largest absolute Gasteiger partial charge is 0.389 e. The van der Waals surface area contributed by atoms with Gasteiger partial charge in [0.25, 0.3) is 0 Å². The fraction of sp³-hybridized carbons (Fsp3) is 0.714. The number of carbonyl (C=O) groups excluding carboxylic acids is 4. The predicted octanol–water partition coefficient (Wildman–Crippen LogP) is 5.10.